The number of imidazole rings is 1. The fourth-order valence-corrected chi connectivity index (χ4v) is 2.06. The number of hydrogen-bond donors (Lipinski definition) is 1. The van der Waals surface area contributed by atoms with E-state index in [1.54, 1.807) is 7.11 Å². The van der Waals surface area contributed by atoms with Gasteiger partial charge in [0, 0.05) is 31.4 Å². The van der Waals surface area contributed by atoms with Gasteiger partial charge in [0.1, 0.15) is 5.82 Å². The third kappa shape index (κ3) is 2.18. The third-order valence-electron chi connectivity index (χ3n) is 3.17. The Balaban J connectivity index is 2.07. The van der Waals surface area contributed by atoms with Crippen molar-refractivity contribution in [3.63, 3.8) is 0 Å². The highest BCUT2D eigenvalue weighted by atomic mass is 16.5. The molecule has 2 heterocycles. The van der Waals surface area contributed by atoms with Gasteiger partial charge in [-0.05, 0) is 18.2 Å². The van der Waals surface area contributed by atoms with Crippen LogP contribution in [0.4, 0.5) is 5.69 Å². The molecule has 20 heavy (non-hydrogen) atoms. The van der Waals surface area contributed by atoms with Gasteiger partial charge in [-0.15, -0.1) is 0 Å². The molecule has 0 spiro atoms. The zero-order valence-corrected chi connectivity index (χ0v) is 11.7. The van der Waals surface area contributed by atoms with Gasteiger partial charge in [0.05, 0.1) is 12.6 Å². The highest BCUT2D eigenvalue weighted by Gasteiger charge is 2.08. The minimum atomic E-state index is 0.567. The number of H-pyrrole nitrogens is 1. The van der Waals surface area contributed by atoms with Crippen LogP contribution in [0.2, 0.25) is 0 Å². The first-order valence-corrected chi connectivity index (χ1v) is 6.36. The van der Waals surface area contributed by atoms with Crippen molar-refractivity contribution in [2.75, 3.05) is 26.1 Å². The molecule has 0 aliphatic rings. The van der Waals surface area contributed by atoms with E-state index in [-0.39, 0.29) is 0 Å². The van der Waals surface area contributed by atoms with Crippen LogP contribution in [0.5, 0.6) is 5.88 Å². The Kier molecular flexibility index (Phi) is 3.02. The smallest absolute Gasteiger partial charge is 0.215 e. The molecule has 0 aliphatic carbocycles. The molecule has 3 aromatic rings. The van der Waals surface area contributed by atoms with E-state index in [0.717, 1.165) is 22.6 Å². The molecular formula is C15H16N4O. The summed E-state index contributed by atoms with van der Waals surface area (Å²) >= 11 is 0. The van der Waals surface area contributed by atoms with Crippen molar-refractivity contribution in [1.29, 1.82) is 0 Å². The van der Waals surface area contributed by atoms with E-state index in [2.05, 4.69) is 32.0 Å². The normalized spacial score (nSPS) is 10.8. The Hall–Kier alpha value is -2.56. The number of aromatic amines is 1. The summed E-state index contributed by atoms with van der Waals surface area (Å²) in [4.78, 5) is 14.2. The van der Waals surface area contributed by atoms with Crippen molar-refractivity contribution in [3.05, 3.63) is 36.4 Å². The van der Waals surface area contributed by atoms with Crippen LogP contribution in [0.15, 0.2) is 36.4 Å². The summed E-state index contributed by atoms with van der Waals surface area (Å²) in [5, 5.41) is 0. The summed E-state index contributed by atoms with van der Waals surface area (Å²) in [5.41, 5.74) is 3.73. The van der Waals surface area contributed by atoms with E-state index in [4.69, 9.17) is 4.74 Å². The molecule has 0 atom stereocenters. The number of nitrogens with zero attached hydrogens (tertiary/aromatic N) is 3. The summed E-state index contributed by atoms with van der Waals surface area (Å²) in [6.07, 6.45) is 0. The maximum absolute atomic E-state index is 5.12. The van der Waals surface area contributed by atoms with Crippen LogP contribution in [0.1, 0.15) is 0 Å². The molecule has 3 rings (SSSR count). The molecule has 102 valence electrons. The number of nitrogens with one attached hydrogen (secondary N) is 1. The molecule has 5 nitrogen and oxygen atoms in total. The monoisotopic (exact) mass is 268 g/mol. The average molecular weight is 268 g/mol. The zero-order valence-electron chi connectivity index (χ0n) is 11.7. The first-order valence-electron chi connectivity index (χ1n) is 6.36. The van der Waals surface area contributed by atoms with Crippen molar-refractivity contribution >= 4 is 16.9 Å². The van der Waals surface area contributed by atoms with Crippen LogP contribution in [-0.2, 0) is 0 Å². The molecule has 0 fully saturated rings. The summed E-state index contributed by atoms with van der Waals surface area (Å²) in [5.74, 6) is 1.38. The number of benzene rings is 1. The standard InChI is InChI=1S/C15H16N4O/c1-19(2)11-6-4-5-10(9-11)14-16-12-7-8-13(20-3)17-15(12)18-14/h4-9H,1-3H3,(H,16,17,18). The predicted molar refractivity (Wildman–Crippen MR) is 80.2 cm³/mol. The number of fused-ring (bicyclic) bond motifs is 1. The zero-order chi connectivity index (χ0) is 14.1. The molecule has 0 bridgehead atoms. The second-order valence-electron chi connectivity index (χ2n) is 4.75. The van der Waals surface area contributed by atoms with Gasteiger partial charge in [-0.25, -0.2) is 4.98 Å². The van der Waals surface area contributed by atoms with Crippen molar-refractivity contribution in [1.82, 2.24) is 15.0 Å². The van der Waals surface area contributed by atoms with Crippen LogP contribution in [0, 0.1) is 0 Å². The van der Waals surface area contributed by atoms with E-state index in [1.165, 1.54) is 0 Å². The maximum atomic E-state index is 5.12. The molecule has 0 amide bonds. The topological polar surface area (TPSA) is 54.0 Å². The molecule has 0 saturated carbocycles. The number of hydrogen-bond acceptors (Lipinski definition) is 4. The van der Waals surface area contributed by atoms with Gasteiger partial charge in [-0.3, -0.25) is 0 Å². The number of aromatic nitrogens is 3. The van der Waals surface area contributed by atoms with E-state index in [9.17, 15) is 0 Å². The van der Waals surface area contributed by atoms with Crippen LogP contribution >= 0.6 is 0 Å². The largest absolute Gasteiger partial charge is 0.481 e. The second kappa shape index (κ2) is 4.85. The van der Waals surface area contributed by atoms with Crippen molar-refractivity contribution < 1.29 is 4.74 Å². The number of rotatable bonds is 3. The predicted octanol–water partition coefficient (Wildman–Crippen LogP) is 2.70. The van der Waals surface area contributed by atoms with E-state index in [1.807, 2.05) is 38.4 Å². The Bertz CT molecular complexity index is 748. The van der Waals surface area contributed by atoms with Crippen molar-refractivity contribution in [3.8, 4) is 17.3 Å². The molecule has 0 saturated heterocycles. The number of methoxy groups -OCH3 is 1. The number of ether oxygens (including phenoxy) is 1. The van der Waals surface area contributed by atoms with E-state index < -0.39 is 0 Å². The van der Waals surface area contributed by atoms with Gasteiger partial charge < -0.3 is 14.6 Å². The Morgan fingerprint density at radius 1 is 1.10 bits per heavy atom. The van der Waals surface area contributed by atoms with Crippen LogP contribution < -0.4 is 9.64 Å². The molecule has 0 radical (unpaired) electrons. The lowest BCUT2D eigenvalue weighted by atomic mass is 10.2. The summed E-state index contributed by atoms with van der Waals surface area (Å²) in [7, 11) is 5.64. The van der Waals surface area contributed by atoms with Crippen molar-refractivity contribution in [2.45, 2.75) is 0 Å². The Morgan fingerprint density at radius 3 is 2.70 bits per heavy atom. The fourth-order valence-electron chi connectivity index (χ4n) is 2.06. The second-order valence-corrected chi connectivity index (χ2v) is 4.75. The SMILES string of the molecule is COc1ccc2[nH]c(-c3cccc(N(C)C)c3)nc2n1. The van der Waals surface area contributed by atoms with Crippen LogP contribution in [-0.4, -0.2) is 36.2 Å². The summed E-state index contributed by atoms with van der Waals surface area (Å²) < 4.78 is 5.12. The average Bonchev–Trinajstić information content (AvgIpc) is 2.90. The Morgan fingerprint density at radius 2 is 1.95 bits per heavy atom. The molecule has 2 aromatic heterocycles. The van der Waals surface area contributed by atoms with Gasteiger partial charge in [0.15, 0.2) is 5.65 Å². The van der Waals surface area contributed by atoms with E-state index >= 15 is 0 Å². The van der Waals surface area contributed by atoms with Gasteiger partial charge >= 0.3 is 0 Å². The van der Waals surface area contributed by atoms with Crippen molar-refractivity contribution in [2.24, 2.45) is 0 Å². The number of pyridine rings is 1. The first kappa shape index (κ1) is 12.5. The minimum Gasteiger partial charge on any atom is -0.481 e. The van der Waals surface area contributed by atoms with Crippen LogP contribution in [0.3, 0.4) is 0 Å². The first-order chi connectivity index (χ1) is 9.67. The molecule has 5 heteroatoms. The Labute approximate surface area is 117 Å². The van der Waals surface area contributed by atoms with E-state index in [0.29, 0.717) is 11.5 Å². The molecule has 0 aliphatic heterocycles. The lowest BCUT2D eigenvalue weighted by molar-refractivity contribution is 0.399. The highest BCUT2D eigenvalue weighted by molar-refractivity contribution is 5.77. The van der Waals surface area contributed by atoms with Gasteiger partial charge in [0.2, 0.25) is 5.88 Å². The maximum Gasteiger partial charge on any atom is 0.215 e. The molecule has 0 unspecified atom stereocenters. The van der Waals surface area contributed by atoms with Gasteiger partial charge in [-0.2, -0.15) is 4.98 Å². The minimum absolute atomic E-state index is 0.567. The summed E-state index contributed by atoms with van der Waals surface area (Å²) in [6, 6.07) is 11.9. The van der Waals surface area contributed by atoms with Crippen LogP contribution in [0.25, 0.3) is 22.6 Å². The summed E-state index contributed by atoms with van der Waals surface area (Å²) in [6.45, 7) is 0. The third-order valence-corrected chi connectivity index (χ3v) is 3.17. The molecular weight excluding hydrogens is 252 g/mol. The quantitative estimate of drug-likeness (QED) is 0.793. The molecule has 1 aromatic carbocycles. The number of anilines is 1. The highest BCUT2D eigenvalue weighted by Crippen LogP contribution is 2.24. The fraction of sp³-hybridized carbons (Fsp3) is 0.200. The lowest BCUT2D eigenvalue weighted by Crippen LogP contribution is -2.08. The van der Waals surface area contributed by atoms with Gasteiger partial charge in [-0.1, -0.05) is 12.1 Å². The lowest BCUT2D eigenvalue weighted by Gasteiger charge is -2.12. The van der Waals surface area contributed by atoms with Gasteiger partial charge in [0.25, 0.3) is 0 Å². The molecule has 1 N–H and O–H groups in total.